The topological polar surface area (TPSA) is 44.4 Å². The normalized spacial score (nSPS) is 19.5. The van der Waals surface area contributed by atoms with Crippen LogP contribution < -0.4 is 10.6 Å². The molecular formula is C17H27N3O. The molecule has 4 nitrogen and oxygen atoms in total. The van der Waals surface area contributed by atoms with E-state index in [0.717, 1.165) is 24.3 Å². The van der Waals surface area contributed by atoms with Crippen LogP contribution in [-0.4, -0.2) is 43.5 Å². The van der Waals surface area contributed by atoms with Gasteiger partial charge in [-0.2, -0.15) is 0 Å². The average molecular weight is 289 g/mol. The van der Waals surface area contributed by atoms with Gasteiger partial charge in [-0.15, -0.1) is 0 Å². The number of piperidine rings is 1. The Morgan fingerprint density at radius 3 is 2.86 bits per heavy atom. The molecule has 21 heavy (non-hydrogen) atoms. The minimum Gasteiger partial charge on any atom is -0.325 e. The predicted molar refractivity (Wildman–Crippen MR) is 87.7 cm³/mol. The molecule has 1 unspecified atom stereocenters. The molecule has 4 heteroatoms. The molecule has 1 aliphatic heterocycles. The first-order valence-electron chi connectivity index (χ1n) is 7.86. The third-order valence-corrected chi connectivity index (χ3v) is 4.19. The summed E-state index contributed by atoms with van der Waals surface area (Å²) in [4.78, 5) is 14.6. The Balaban J connectivity index is 1.93. The molecule has 2 N–H and O–H groups in total. The molecule has 0 bridgehead atoms. The van der Waals surface area contributed by atoms with Crippen LogP contribution in [0.15, 0.2) is 18.2 Å². The number of aryl methyl sites for hydroxylation is 2. The molecule has 1 atom stereocenters. The van der Waals surface area contributed by atoms with Gasteiger partial charge in [0, 0.05) is 18.3 Å². The largest absolute Gasteiger partial charge is 0.325 e. The van der Waals surface area contributed by atoms with E-state index in [4.69, 9.17) is 0 Å². The highest BCUT2D eigenvalue weighted by atomic mass is 16.2. The zero-order valence-electron chi connectivity index (χ0n) is 13.4. The number of amides is 1. The van der Waals surface area contributed by atoms with Crippen LogP contribution in [-0.2, 0) is 4.79 Å². The number of hydrogen-bond acceptors (Lipinski definition) is 3. The lowest BCUT2D eigenvalue weighted by molar-refractivity contribution is -0.118. The number of benzene rings is 1. The second kappa shape index (κ2) is 7.57. The summed E-state index contributed by atoms with van der Waals surface area (Å²) in [6.07, 6.45) is 3.64. The summed E-state index contributed by atoms with van der Waals surface area (Å²) in [6, 6.07) is 6.60. The van der Waals surface area contributed by atoms with E-state index in [1.807, 2.05) is 26.1 Å². The van der Waals surface area contributed by atoms with Crippen LogP contribution in [0.5, 0.6) is 0 Å². The van der Waals surface area contributed by atoms with Crippen molar-refractivity contribution in [2.75, 3.05) is 32.0 Å². The number of hydrogen-bond donors (Lipinski definition) is 2. The molecular weight excluding hydrogens is 262 g/mol. The summed E-state index contributed by atoms with van der Waals surface area (Å²) in [7, 11) is 1.97. The Morgan fingerprint density at radius 1 is 1.33 bits per heavy atom. The van der Waals surface area contributed by atoms with Gasteiger partial charge in [0.2, 0.25) is 5.91 Å². The fourth-order valence-electron chi connectivity index (χ4n) is 3.06. The van der Waals surface area contributed by atoms with Crippen molar-refractivity contribution in [3.63, 3.8) is 0 Å². The molecule has 1 amide bonds. The highest BCUT2D eigenvalue weighted by Crippen LogP contribution is 2.18. The molecule has 1 heterocycles. The molecule has 2 rings (SSSR count). The number of likely N-dealkylation sites (N-methyl/N-ethyl adjacent to an activating group) is 1. The zero-order chi connectivity index (χ0) is 15.2. The fraction of sp³-hybridized carbons (Fsp3) is 0.588. The molecule has 0 radical (unpaired) electrons. The minimum absolute atomic E-state index is 0.0879. The van der Waals surface area contributed by atoms with Crippen LogP contribution in [0.2, 0.25) is 0 Å². The van der Waals surface area contributed by atoms with E-state index in [2.05, 4.69) is 28.5 Å². The maximum absolute atomic E-state index is 12.3. The first-order valence-corrected chi connectivity index (χ1v) is 7.86. The zero-order valence-corrected chi connectivity index (χ0v) is 13.4. The number of nitrogens with one attached hydrogen (secondary N) is 2. The van der Waals surface area contributed by atoms with Gasteiger partial charge in [0.25, 0.3) is 0 Å². The van der Waals surface area contributed by atoms with Gasteiger partial charge in [-0.05, 0) is 51.9 Å². The Morgan fingerprint density at radius 2 is 2.14 bits per heavy atom. The quantitative estimate of drug-likeness (QED) is 0.874. The van der Waals surface area contributed by atoms with Gasteiger partial charge in [0.05, 0.1) is 6.54 Å². The van der Waals surface area contributed by atoms with E-state index < -0.39 is 0 Å². The van der Waals surface area contributed by atoms with Crippen molar-refractivity contribution in [1.82, 2.24) is 10.2 Å². The Kier molecular flexibility index (Phi) is 5.76. The van der Waals surface area contributed by atoms with Crippen LogP contribution in [0, 0.1) is 13.8 Å². The molecule has 0 aromatic heterocycles. The second-order valence-corrected chi connectivity index (χ2v) is 6.04. The van der Waals surface area contributed by atoms with Crippen molar-refractivity contribution in [2.45, 2.75) is 39.2 Å². The lowest BCUT2D eigenvalue weighted by atomic mass is 10.0. The molecule has 1 fully saturated rings. The van der Waals surface area contributed by atoms with Crippen molar-refractivity contribution >= 4 is 11.6 Å². The van der Waals surface area contributed by atoms with Gasteiger partial charge >= 0.3 is 0 Å². The summed E-state index contributed by atoms with van der Waals surface area (Å²) in [5, 5.41) is 6.28. The van der Waals surface area contributed by atoms with Crippen LogP contribution in [0.25, 0.3) is 0 Å². The van der Waals surface area contributed by atoms with Crippen LogP contribution in [0.3, 0.4) is 0 Å². The molecule has 0 spiro atoms. The maximum Gasteiger partial charge on any atom is 0.238 e. The van der Waals surface area contributed by atoms with Crippen LogP contribution >= 0.6 is 0 Å². The summed E-state index contributed by atoms with van der Waals surface area (Å²) < 4.78 is 0. The van der Waals surface area contributed by atoms with E-state index in [9.17, 15) is 4.79 Å². The van der Waals surface area contributed by atoms with Crippen molar-refractivity contribution < 1.29 is 4.79 Å². The molecule has 0 saturated carbocycles. The van der Waals surface area contributed by atoms with Gasteiger partial charge in [-0.1, -0.05) is 24.1 Å². The number of rotatable bonds is 5. The SMILES string of the molecule is CNCC1CCCCN1CC(=O)Nc1ccc(C)cc1C. The highest BCUT2D eigenvalue weighted by Gasteiger charge is 2.23. The monoisotopic (exact) mass is 289 g/mol. The lowest BCUT2D eigenvalue weighted by Crippen LogP contribution is -2.47. The highest BCUT2D eigenvalue weighted by molar-refractivity contribution is 5.93. The number of carbonyl (C=O) groups excluding carboxylic acids is 1. The maximum atomic E-state index is 12.3. The summed E-state index contributed by atoms with van der Waals surface area (Å²) in [5.74, 6) is 0.0879. The smallest absolute Gasteiger partial charge is 0.238 e. The molecule has 1 saturated heterocycles. The lowest BCUT2D eigenvalue weighted by Gasteiger charge is -2.35. The molecule has 1 aromatic carbocycles. The number of nitrogens with zero attached hydrogens (tertiary/aromatic N) is 1. The average Bonchev–Trinajstić information content (AvgIpc) is 2.44. The van der Waals surface area contributed by atoms with Crippen molar-refractivity contribution in [1.29, 1.82) is 0 Å². The predicted octanol–water partition coefficient (Wildman–Crippen LogP) is 2.32. The third kappa shape index (κ3) is 4.55. The van der Waals surface area contributed by atoms with E-state index >= 15 is 0 Å². The van der Waals surface area contributed by atoms with Gasteiger partial charge in [0.1, 0.15) is 0 Å². The van der Waals surface area contributed by atoms with E-state index in [0.29, 0.717) is 12.6 Å². The summed E-state index contributed by atoms with van der Waals surface area (Å²) in [6.45, 7) is 6.56. The molecule has 1 aromatic rings. The van der Waals surface area contributed by atoms with E-state index in [1.165, 1.54) is 24.8 Å². The van der Waals surface area contributed by atoms with Gasteiger partial charge in [0.15, 0.2) is 0 Å². The number of carbonyl (C=O) groups is 1. The minimum atomic E-state index is 0.0879. The molecule has 0 aliphatic carbocycles. The summed E-state index contributed by atoms with van der Waals surface area (Å²) in [5.41, 5.74) is 3.26. The van der Waals surface area contributed by atoms with Gasteiger partial charge in [-0.25, -0.2) is 0 Å². The fourth-order valence-corrected chi connectivity index (χ4v) is 3.06. The van der Waals surface area contributed by atoms with E-state index in [1.54, 1.807) is 0 Å². The first kappa shape index (κ1) is 16.0. The number of likely N-dealkylation sites (tertiary alicyclic amines) is 1. The van der Waals surface area contributed by atoms with E-state index in [-0.39, 0.29) is 5.91 Å². The Labute approximate surface area is 127 Å². The van der Waals surface area contributed by atoms with Crippen molar-refractivity contribution in [2.24, 2.45) is 0 Å². The second-order valence-electron chi connectivity index (χ2n) is 6.04. The van der Waals surface area contributed by atoms with Crippen molar-refractivity contribution in [3.8, 4) is 0 Å². The Bertz CT molecular complexity index is 485. The van der Waals surface area contributed by atoms with Crippen molar-refractivity contribution in [3.05, 3.63) is 29.3 Å². The van der Waals surface area contributed by atoms with Crippen LogP contribution in [0.4, 0.5) is 5.69 Å². The van der Waals surface area contributed by atoms with Crippen LogP contribution in [0.1, 0.15) is 30.4 Å². The van der Waals surface area contributed by atoms with Gasteiger partial charge < -0.3 is 10.6 Å². The number of anilines is 1. The van der Waals surface area contributed by atoms with Gasteiger partial charge in [-0.3, -0.25) is 9.69 Å². The Hall–Kier alpha value is -1.39. The summed E-state index contributed by atoms with van der Waals surface area (Å²) >= 11 is 0. The first-order chi connectivity index (χ1) is 10.1. The third-order valence-electron chi connectivity index (χ3n) is 4.19. The molecule has 1 aliphatic rings. The standard InChI is InChI=1S/C17H27N3O/c1-13-7-8-16(14(2)10-13)19-17(21)12-20-9-5-4-6-15(20)11-18-3/h7-8,10,15,18H,4-6,9,11-12H2,1-3H3,(H,19,21). The molecule has 116 valence electrons.